The molecule has 0 aliphatic heterocycles. The van der Waals surface area contributed by atoms with Crippen molar-refractivity contribution in [1.82, 2.24) is 4.98 Å². The van der Waals surface area contributed by atoms with E-state index in [9.17, 15) is 0 Å². The molecule has 2 aromatic carbocycles. The summed E-state index contributed by atoms with van der Waals surface area (Å²) >= 11 is 0. The van der Waals surface area contributed by atoms with Crippen molar-refractivity contribution in [3.63, 3.8) is 0 Å². The third-order valence-electron chi connectivity index (χ3n) is 3.55. The van der Waals surface area contributed by atoms with Gasteiger partial charge in [0, 0.05) is 17.1 Å². The molecule has 1 heterocycles. The van der Waals surface area contributed by atoms with Gasteiger partial charge in [0.05, 0.1) is 5.69 Å². The van der Waals surface area contributed by atoms with Gasteiger partial charge in [-0.2, -0.15) is 0 Å². The van der Waals surface area contributed by atoms with E-state index in [2.05, 4.69) is 62.4 Å². The van der Waals surface area contributed by atoms with Gasteiger partial charge in [-0.1, -0.05) is 68.4 Å². The Hall–Kier alpha value is -2.15. The highest BCUT2D eigenvalue weighted by Gasteiger charge is 2.09. The van der Waals surface area contributed by atoms with E-state index < -0.39 is 0 Å². The second-order valence-corrected chi connectivity index (χ2v) is 5.64. The van der Waals surface area contributed by atoms with Crippen molar-refractivity contribution in [2.75, 3.05) is 0 Å². The van der Waals surface area contributed by atoms with Gasteiger partial charge in [-0.25, -0.2) is 0 Å². The standard InChI is InChI=1S/C19H19N/c1-14(2)12-16-13-20-19(15-8-4-3-5-9-15)18-11-7-6-10-17(16)18/h3-11,13-14H,12H2,1-2H3. The molecule has 0 saturated heterocycles. The molecule has 0 amide bonds. The number of rotatable bonds is 3. The van der Waals surface area contributed by atoms with Gasteiger partial charge in [0.2, 0.25) is 0 Å². The van der Waals surface area contributed by atoms with Gasteiger partial charge < -0.3 is 0 Å². The molecule has 1 heteroatoms. The Morgan fingerprint density at radius 2 is 1.50 bits per heavy atom. The molecule has 0 N–H and O–H groups in total. The zero-order chi connectivity index (χ0) is 13.9. The van der Waals surface area contributed by atoms with Crippen LogP contribution in [0.4, 0.5) is 0 Å². The van der Waals surface area contributed by atoms with E-state index in [-0.39, 0.29) is 0 Å². The fraction of sp³-hybridized carbons (Fsp3) is 0.211. The number of fused-ring (bicyclic) bond motifs is 1. The lowest BCUT2D eigenvalue weighted by Gasteiger charge is -2.12. The first-order chi connectivity index (χ1) is 9.75. The Bertz CT molecular complexity index is 714. The van der Waals surface area contributed by atoms with Crippen LogP contribution < -0.4 is 0 Å². The molecule has 0 fully saturated rings. The summed E-state index contributed by atoms with van der Waals surface area (Å²) in [4.78, 5) is 4.73. The summed E-state index contributed by atoms with van der Waals surface area (Å²) in [6, 6.07) is 19.0. The van der Waals surface area contributed by atoms with Crippen molar-refractivity contribution < 1.29 is 0 Å². The first-order valence-corrected chi connectivity index (χ1v) is 7.18. The smallest absolute Gasteiger partial charge is 0.0780 e. The summed E-state index contributed by atoms with van der Waals surface area (Å²) in [5, 5.41) is 2.58. The van der Waals surface area contributed by atoms with Crippen molar-refractivity contribution in [2.45, 2.75) is 20.3 Å². The average molecular weight is 261 g/mol. The molecule has 0 unspecified atom stereocenters. The molecule has 0 radical (unpaired) electrons. The highest BCUT2D eigenvalue weighted by Crippen LogP contribution is 2.29. The number of hydrogen-bond acceptors (Lipinski definition) is 1. The summed E-state index contributed by atoms with van der Waals surface area (Å²) in [5.74, 6) is 0.641. The molecule has 0 aliphatic carbocycles. The van der Waals surface area contributed by atoms with Crippen molar-refractivity contribution >= 4 is 10.8 Å². The molecule has 0 atom stereocenters. The third-order valence-corrected chi connectivity index (χ3v) is 3.55. The van der Waals surface area contributed by atoms with Crippen molar-refractivity contribution in [1.29, 1.82) is 0 Å². The lowest BCUT2D eigenvalue weighted by atomic mass is 9.96. The SMILES string of the molecule is CC(C)Cc1cnc(-c2ccccc2)c2ccccc12. The Labute approximate surface area is 120 Å². The molecule has 0 bridgehead atoms. The van der Waals surface area contributed by atoms with Gasteiger partial charge in [-0.05, 0) is 23.3 Å². The van der Waals surface area contributed by atoms with Crippen LogP contribution in [0, 0.1) is 5.92 Å². The molecule has 3 aromatic rings. The van der Waals surface area contributed by atoms with Crippen molar-refractivity contribution in [3.05, 3.63) is 66.4 Å². The quantitative estimate of drug-likeness (QED) is 0.639. The molecule has 0 spiro atoms. The maximum Gasteiger partial charge on any atom is 0.0780 e. The molecule has 1 nitrogen and oxygen atoms in total. The molecular formula is C19H19N. The lowest BCUT2D eigenvalue weighted by Crippen LogP contribution is -1.97. The predicted octanol–water partition coefficient (Wildman–Crippen LogP) is 5.10. The molecule has 3 rings (SSSR count). The minimum absolute atomic E-state index is 0.641. The highest BCUT2D eigenvalue weighted by atomic mass is 14.7. The maximum atomic E-state index is 4.73. The van der Waals surface area contributed by atoms with E-state index >= 15 is 0 Å². The summed E-state index contributed by atoms with van der Waals surface area (Å²) in [7, 11) is 0. The van der Waals surface area contributed by atoms with Crippen molar-refractivity contribution in [2.24, 2.45) is 5.92 Å². The Kier molecular flexibility index (Phi) is 3.51. The van der Waals surface area contributed by atoms with E-state index in [0.29, 0.717) is 5.92 Å². The predicted molar refractivity (Wildman–Crippen MR) is 85.7 cm³/mol. The van der Waals surface area contributed by atoms with Crippen LogP contribution in [0.5, 0.6) is 0 Å². The molecule has 20 heavy (non-hydrogen) atoms. The largest absolute Gasteiger partial charge is 0.255 e. The van der Waals surface area contributed by atoms with E-state index in [0.717, 1.165) is 12.1 Å². The summed E-state index contributed by atoms with van der Waals surface area (Å²) in [5.41, 5.74) is 3.60. The van der Waals surface area contributed by atoms with Crippen LogP contribution in [0.3, 0.4) is 0 Å². The summed E-state index contributed by atoms with van der Waals surface area (Å²) in [6.45, 7) is 4.50. The molecule has 100 valence electrons. The van der Waals surface area contributed by atoms with Gasteiger partial charge >= 0.3 is 0 Å². The minimum Gasteiger partial charge on any atom is -0.255 e. The van der Waals surface area contributed by atoms with Crippen LogP contribution >= 0.6 is 0 Å². The number of pyridine rings is 1. The van der Waals surface area contributed by atoms with Crippen LogP contribution in [0.1, 0.15) is 19.4 Å². The third kappa shape index (κ3) is 2.44. The van der Waals surface area contributed by atoms with E-state index in [4.69, 9.17) is 4.98 Å². The van der Waals surface area contributed by atoms with Gasteiger partial charge in [0.25, 0.3) is 0 Å². The molecule has 1 aromatic heterocycles. The van der Waals surface area contributed by atoms with Crippen LogP contribution in [-0.4, -0.2) is 4.98 Å². The van der Waals surface area contributed by atoms with Crippen LogP contribution in [0.25, 0.3) is 22.0 Å². The van der Waals surface area contributed by atoms with E-state index in [1.54, 1.807) is 0 Å². The van der Waals surface area contributed by atoms with Crippen molar-refractivity contribution in [3.8, 4) is 11.3 Å². The summed E-state index contributed by atoms with van der Waals surface area (Å²) in [6.07, 6.45) is 3.12. The van der Waals surface area contributed by atoms with Crippen LogP contribution in [0.2, 0.25) is 0 Å². The Morgan fingerprint density at radius 3 is 2.20 bits per heavy atom. The lowest BCUT2D eigenvalue weighted by molar-refractivity contribution is 0.649. The Balaban J connectivity index is 2.21. The maximum absolute atomic E-state index is 4.73. The number of nitrogens with zero attached hydrogens (tertiary/aromatic N) is 1. The van der Waals surface area contributed by atoms with Crippen LogP contribution in [0.15, 0.2) is 60.8 Å². The highest BCUT2D eigenvalue weighted by molar-refractivity contribution is 5.96. The number of aromatic nitrogens is 1. The topological polar surface area (TPSA) is 12.9 Å². The van der Waals surface area contributed by atoms with E-state index in [1.807, 2.05) is 12.3 Å². The second kappa shape index (κ2) is 5.46. The number of hydrogen-bond donors (Lipinski definition) is 0. The summed E-state index contributed by atoms with van der Waals surface area (Å²) < 4.78 is 0. The molecule has 0 aliphatic rings. The fourth-order valence-corrected chi connectivity index (χ4v) is 2.68. The zero-order valence-corrected chi connectivity index (χ0v) is 12.0. The Morgan fingerprint density at radius 1 is 0.850 bits per heavy atom. The fourth-order valence-electron chi connectivity index (χ4n) is 2.68. The van der Waals surface area contributed by atoms with Gasteiger partial charge in [0.15, 0.2) is 0 Å². The first kappa shape index (κ1) is 12.9. The van der Waals surface area contributed by atoms with Gasteiger partial charge in [-0.3, -0.25) is 4.98 Å². The molecule has 0 saturated carbocycles. The minimum atomic E-state index is 0.641. The average Bonchev–Trinajstić information content (AvgIpc) is 2.48. The zero-order valence-electron chi connectivity index (χ0n) is 12.0. The second-order valence-electron chi connectivity index (χ2n) is 5.64. The van der Waals surface area contributed by atoms with Gasteiger partial charge in [-0.15, -0.1) is 0 Å². The first-order valence-electron chi connectivity index (χ1n) is 7.18. The van der Waals surface area contributed by atoms with E-state index in [1.165, 1.54) is 21.9 Å². The van der Waals surface area contributed by atoms with Crippen LogP contribution in [-0.2, 0) is 6.42 Å². The van der Waals surface area contributed by atoms with Gasteiger partial charge in [0.1, 0.15) is 0 Å². The molecular weight excluding hydrogens is 242 g/mol. The monoisotopic (exact) mass is 261 g/mol. The number of benzene rings is 2. The normalized spacial score (nSPS) is 11.2.